The Hall–Kier alpha value is -2.77. The quantitative estimate of drug-likeness (QED) is 0.541. The number of hydrogen-bond donors (Lipinski definition) is 1. The Kier molecular flexibility index (Phi) is 5.73. The van der Waals surface area contributed by atoms with Crippen LogP contribution < -0.4 is 10.1 Å². The first-order valence-electron chi connectivity index (χ1n) is 11.9. The maximum Gasteiger partial charge on any atom is 0.419 e. The molecule has 1 aromatic carbocycles. The second-order valence-corrected chi connectivity index (χ2v) is 9.97. The Morgan fingerprint density at radius 1 is 1.26 bits per heavy atom. The standard InChI is InChI=1S/C26H29F3N2O3/c1-15(24(32)33-2)22(17-6-7-17)18-8-5-16-9-10-25(34-21(16)12-18)13-19(14-25)31-23-20(26(27,28)29)4-3-11-30-23/h3-5,8,11-12,15,17,19,22H,6-7,9-10,13-14H2,1-2H3,(H,30,31). The fraction of sp³-hybridized carbons (Fsp3) is 0.538. The summed E-state index contributed by atoms with van der Waals surface area (Å²) in [6, 6.07) is 8.48. The second-order valence-electron chi connectivity index (χ2n) is 9.97. The van der Waals surface area contributed by atoms with Gasteiger partial charge in [0, 0.05) is 25.1 Å². The van der Waals surface area contributed by atoms with Gasteiger partial charge in [0.05, 0.1) is 18.6 Å². The molecule has 182 valence electrons. The highest BCUT2D eigenvalue weighted by atomic mass is 19.4. The number of esters is 1. The number of carbonyl (C=O) groups excluding carboxylic acids is 1. The van der Waals surface area contributed by atoms with E-state index in [2.05, 4.69) is 28.5 Å². The van der Waals surface area contributed by atoms with E-state index in [1.54, 1.807) is 0 Å². The number of nitrogens with zero attached hydrogens (tertiary/aromatic N) is 1. The largest absolute Gasteiger partial charge is 0.487 e. The number of alkyl halides is 3. The van der Waals surface area contributed by atoms with E-state index in [0.717, 1.165) is 48.6 Å². The van der Waals surface area contributed by atoms with Gasteiger partial charge in [0.25, 0.3) is 0 Å². The van der Waals surface area contributed by atoms with Gasteiger partial charge < -0.3 is 14.8 Å². The zero-order chi connectivity index (χ0) is 24.1. The zero-order valence-electron chi connectivity index (χ0n) is 19.3. The van der Waals surface area contributed by atoms with Crippen molar-refractivity contribution in [3.8, 4) is 5.75 Å². The molecule has 0 saturated heterocycles. The molecule has 2 saturated carbocycles. The summed E-state index contributed by atoms with van der Waals surface area (Å²) >= 11 is 0. The van der Waals surface area contributed by atoms with Crippen molar-refractivity contribution < 1.29 is 27.4 Å². The number of anilines is 1. The molecule has 2 heterocycles. The number of methoxy groups -OCH3 is 1. The molecular formula is C26H29F3N2O3. The van der Waals surface area contributed by atoms with E-state index in [9.17, 15) is 18.0 Å². The van der Waals surface area contributed by atoms with E-state index in [1.807, 2.05) is 6.92 Å². The summed E-state index contributed by atoms with van der Waals surface area (Å²) in [6.07, 6.45) is 2.06. The zero-order valence-corrected chi connectivity index (χ0v) is 19.3. The van der Waals surface area contributed by atoms with Crippen LogP contribution in [-0.4, -0.2) is 29.7 Å². The molecule has 0 radical (unpaired) electrons. The fourth-order valence-corrected chi connectivity index (χ4v) is 5.65. The van der Waals surface area contributed by atoms with Gasteiger partial charge in [-0.25, -0.2) is 4.98 Å². The van der Waals surface area contributed by atoms with Crippen LogP contribution in [-0.2, 0) is 22.1 Å². The number of carbonyl (C=O) groups is 1. The summed E-state index contributed by atoms with van der Waals surface area (Å²) in [5.74, 6) is 0.846. The third-order valence-corrected chi connectivity index (χ3v) is 7.58. The Labute approximate surface area is 197 Å². The minimum atomic E-state index is -4.45. The Morgan fingerprint density at radius 3 is 2.71 bits per heavy atom. The van der Waals surface area contributed by atoms with Gasteiger partial charge >= 0.3 is 12.1 Å². The number of hydrogen-bond acceptors (Lipinski definition) is 5. The highest BCUT2D eigenvalue weighted by Crippen LogP contribution is 2.50. The second kappa shape index (κ2) is 8.47. The predicted octanol–water partition coefficient (Wildman–Crippen LogP) is 5.74. The summed E-state index contributed by atoms with van der Waals surface area (Å²) in [4.78, 5) is 16.2. The number of fused-ring (bicyclic) bond motifs is 1. The van der Waals surface area contributed by atoms with Crippen molar-refractivity contribution in [1.29, 1.82) is 0 Å². The van der Waals surface area contributed by atoms with Crippen molar-refractivity contribution in [3.05, 3.63) is 53.2 Å². The molecule has 2 fully saturated rings. The van der Waals surface area contributed by atoms with Crippen molar-refractivity contribution in [2.24, 2.45) is 11.8 Å². The van der Waals surface area contributed by atoms with Crippen molar-refractivity contribution >= 4 is 11.8 Å². The molecule has 2 aliphatic carbocycles. The van der Waals surface area contributed by atoms with Gasteiger partial charge in [0.2, 0.25) is 0 Å². The van der Waals surface area contributed by atoms with Crippen molar-refractivity contribution in [2.45, 2.75) is 69.2 Å². The van der Waals surface area contributed by atoms with E-state index in [4.69, 9.17) is 9.47 Å². The van der Waals surface area contributed by atoms with Gasteiger partial charge in [0.1, 0.15) is 17.2 Å². The van der Waals surface area contributed by atoms with Gasteiger partial charge in [0.15, 0.2) is 0 Å². The normalized spacial score (nSPS) is 25.5. The van der Waals surface area contributed by atoms with Crippen LogP contribution in [0.4, 0.5) is 19.0 Å². The van der Waals surface area contributed by atoms with Gasteiger partial charge in [-0.05, 0) is 66.8 Å². The molecule has 5 rings (SSSR count). The first-order chi connectivity index (χ1) is 16.2. The number of rotatable bonds is 6. The molecule has 3 aliphatic rings. The Morgan fingerprint density at radius 2 is 2.03 bits per heavy atom. The molecule has 5 nitrogen and oxygen atoms in total. The molecule has 1 spiro atoms. The molecule has 34 heavy (non-hydrogen) atoms. The molecule has 0 amide bonds. The van der Waals surface area contributed by atoms with E-state index in [1.165, 1.54) is 19.4 Å². The van der Waals surface area contributed by atoms with Crippen LogP contribution in [0.2, 0.25) is 0 Å². The summed E-state index contributed by atoms with van der Waals surface area (Å²) in [7, 11) is 1.42. The number of benzene rings is 1. The van der Waals surface area contributed by atoms with Crippen molar-refractivity contribution in [3.63, 3.8) is 0 Å². The van der Waals surface area contributed by atoms with Crippen LogP contribution >= 0.6 is 0 Å². The molecule has 2 aromatic rings. The summed E-state index contributed by atoms with van der Waals surface area (Å²) in [6.45, 7) is 1.92. The number of halogens is 3. The number of pyridine rings is 1. The number of nitrogens with one attached hydrogen (secondary N) is 1. The molecule has 1 N–H and O–H groups in total. The SMILES string of the molecule is COC(=O)C(C)C(c1ccc2c(c1)OC1(CC2)CC(Nc2ncccc2C(F)(F)F)C1)C1CC1. The summed E-state index contributed by atoms with van der Waals surface area (Å²) < 4.78 is 51.4. The molecule has 2 unspecified atom stereocenters. The number of aromatic nitrogens is 1. The maximum absolute atomic E-state index is 13.3. The van der Waals surface area contributed by atoms with Gasteiger partial charge in [-0.3, -0.25) is 4.79 Å². The van der Waals surface area contributed by atoms with Crippen LogP contribution in [0.1, 0.15) is 61.6 Å². The topological polar surface area (TPSA) is 60.5 Å². The van der Waals surface area contributed by atoms with E-state index < -0.39 is 11.7 Å². The van der Waals surface area contributed by atoms with Gasteiger partial charge in [-0.1, -0.05) is 19.1 Å². The first-order valence-corrected chi connectivity index (χ1v) is 11.9. The lowest BCUT2D eigenvalue weighted by atomic mass is 9.70. The lowest BCUT2D eigenvalue weighted by Crippen LogP contribution is -2.56. The number of ether oxygens (including phenoxy) is 2. The lowest BCUT2D eigenvalue weighted by molar-refractivity contribution is -0.145. The van der Waals surface area contributed by atoms with E-state index >= 15 is 0 Å². The summed E-state index contributed by atoms with van der Waals surface area (Å²) in [5, 5.41) is 2.97. The van der Waals surface area contributed by atoms with Gasteiger partial charge in [-0.15, -0.1) is 0 Å². The third kappa shape index (κ3) is 4.34. The molecule has 2 atom stereocenters. The summed E-state index contributed by atoms with van der Waals surface area (Å²) in [5.41, 5.74) is 1.10. The smallest absolute Gasteiger partial charge is 0.419 e. The van der Waals surface area contributed by atoms with E-state index in [-0.39, 0.29) is 35.3 Å². The van der Waals surface area contributed by atoms with E-state index in [0.29, 0.717) is 18.8 Å². The molecule has 0 bridgehead atoms. The number of aryl methyl sites for hydroxylation is 1. The molecule has 1 aliphatic heterocycles. The highest BCUT2D eigenvalue weighted by Gasteiger charge is 2.49. The lowest BCUT2D eigenvalue weighted by Gasteiger charge is -2.50. The molecule has 8 heteroatoms. The van der Waals surface area contributed by atoms with Crippen molar-refractivity contribution in [2.75, 3.05) is 12.4 Å². The molecular weight excluding hydrogens is 445 g/mol. The molecule has 1 aromatic heterocycles. The van der Waals surface area contributed by atoms with Crippen LogP contribution in [0, 0.1) is 11.8 Å². The van der Waals surface area contributed by atoms with Crippen LogP contribution in [0.3, 0.4) is 0 Å². The van der Waals surface area contributed by atoms with Crippen LogP contribution in [0.5, 0.6) is 5.75 Å². The first kappa shape index (κ1) is 23.0. The Balaban J connectivity index is 1.29. The van der Waals surface area contributed by atoms with Crippen LogP contribution in [0.25, 0.3) is 0 Å². The Bertz CT molecular complexity index is 1080. The minimum Gasteiger partial charge on any atom is -0.487 e. The van der Waals surface area contributed by atoms with Crippen molar-refractivity contribution in [1.82, 2.24) is 4.98 Å². The fourth-order valence-electron chi connectivity index (χ4n) is 5.65. The predicted molar refractivity (Wildman–Crippen MR) is 121 cm³/mol. The monoisotopic (exact) mass is 474 g/mol. The van der Waals surface area contributed by atoms with Crippen LogP contribution in [0.15, 0.2) is 36.5 Å². The average molecular weight is 475 g/mol. The highest BCUT2D eigenvalue weighted by molar-refractivity contribution is 5.73. The minimum absolute atomic E-state index is 0.0972. The third-order valence-electron chi connectivity index (χ3n) is 7.58. The van der Waals surface area contributed by atoms with Gasteiger partial charge in [-0.2, -0.15) is 13.2 Å². The maximum atomic E-state index is 13.3. The average Bonchev–Trinajstić information content (AvgIpc) is 3.62.